The van der Waals surface area contributed by atoms with Crippen molar-refractivity contribution in [2.24, 2.45) is 5.92 Å². The zero-order chi connectivity index (χ0) is 15.2. The number of benzene rings is 1. The fourth-order valence-electron chi connectivity index (χ4n) is 2.39. The minimum atomic E-state index is 0.0972. The van der Waals surface area contributed by atoms with E-state index >= 15 is 0 Å². The van der Waals surface area contributed by atoms with Crippen molar-refractivity contribution in [2.45, 2.75) is 53.1 Å². The molecule has 1 heterocycles. The maximum atomic E-state index is 11.7. The average Bonchev–Trinajstić information content (AvgIpc) is 2.81. The predicted molar refractivity (Wildman–Crippen MR) is 85.9 cm³/mol. The highest BCUT2D eigenvalue weighted by Crippen LogP contribution is 2.17. The van der Waals surface area contributed by atoms with Crippen LogP contribution in [0.3, 0.4) is 0 Å². The van der Waals surface area contributed by atoms with Crippen LogP contribution < -0.4 is 5.32 Å². The third-order valence-electron chi connectivity index (χ3n) is 3.58. The summed E-state index contributed by atoms with van der Waals surface area (Å²) in [5.41, 5.74) is 2.15. The van der Waals surface area contributed by atoms with Gasteiger partial charge in [-0.15, -0.1) is 0 Å². The fourth-order valence-corrected chi connectivity index (χ4v) is 2.39. The summed E-state index contributed by atoms with van der Waals surface area (Å²) in [5, 5.41) is 2.97. The summed E-state index contributed by atoms with van der Waals surface area (Å²) >= 11 is 0. The molecular formula is C17H25N3O. The molecule has 114 valence electrons. The summed E-state index contributed by atoms with van der Waals surface area (Å²) in [4.78, 5) is 16.3. The Hall–Kier alpha value is -1.84. The lowest BCUT2D eigenvalue weighted by molar-refractivity contribution is -0.121. The van der Waals surface area contributed by atoms with Crippen LogP contribution in [-0.2, 0) is 17.9 Å². The molecular weight excluding hydrogens is 262 g/mol. The second-order valence-corrected chi connectivity index (χ2v) is 5.88. The normalized spacial score (nSPS) is 11.2. The number of nitrogens with zero attached hydrogens (tertiary/aromatic N) is 2. The number of carbonyl (C=O) groups is 1. The Balaban J connectivity index is 2.20. The first-order chi connectivity index (χ1) is 10.1. The van der Waals surface area contributed by atoms with Crippen LogP contribution in [0.4, 0.5) is 0 Å². The number of carbonyl (C=O) groups excluding carboxylic acids is 1. The van der Waals surface area contributed by atoms with E-state index in [1.165, 1.54) is 0 Å². The molecule has 21 heavy (non-hydrogen) atoms. The lowest BCUT2D eigenvalue weighted by atomic mass is 10.1. The van der Waals surface area contributed by atoms with E-state index in [-0.39, 0.29) is 5.91 Å². The van der Waals surface area contributed by atoms with Gasteiger partial charge in [-0.1, -0.05) is 32.9 Å². The molecule has 0 saturated carbocycles. The molecule has 2 aromatic rings. The molecule has 4 heteroatoms. The van der Waals surface area contributed by atoms with Crippen LogP contribution in [0.1, 0.15) is 45.9 Å². The smallest absolute Gasteiger partial charge is 0.220 e. The molecule has 1 aromatic heterocycles. The summed E-state index contributed by atoms with van der Waals surface area (Å²) in [7, 11) is 0. The molecule has 1 aromatic carbocycles. The van der Waals surface area contributed by atoms with Crippen LogP contribution in [0.5, 0.6) is 0 Å². The third-order valence-corrected chi connectivity index (χ3v) is 3.58. The van der Waals surface area contributed by atoms with Gasteiger partial charge >= 0.3 is 0 Å². The van der Waals surface area contributed by atoms with Crippen LogP contribution in [0.2, 0.25) is 0 Å². The zero-order valence-corrected chi connectivity index (χ0v) is 13.2. The van der Waals surface area contributed by atoms with Gasteiger partial charge in [-0.2, -0.15) is 0 Å². The van der Waals surface area contributed by atoms with Crippen molar-refractivity contribution in [3.8, 4) is 0 Å². The number of hydrogen-bond acceptors (Lipinski definition) is 2. The highest BCUT2D eigenvalue weighted by Gasteiger charge is 2.11. The van der Waals surface area contributed by atoms with Gasteiger partial charge in [0.25, 0.3) is 0 Å². The summed E-state index contributed by atoms with van der Waals surface area (Å²) in [6.07, 6.45) is 2.55. The number of aryl methyl sites for hydroxylation is 1. The van der Waals surface area contributed by atoms with Crippen molar-refractivity contribution < 1.29 is 4.79 Å². The summed E-state index contributed by atoms with van der Waals surface area (Å²) in [6.45, 7) is 7.91. The third kappa shape index (κ3) is 4.06. The Morgan fingerprint density at radius 1 is 1.33 bits per heavy atom. The number of hydrogen-bond donors (Lipinski definition) is 1. The summed E-state index contributed by atoms with van der Waals surface area (Å²) < 4.78 is 2.24. The van der Waals surface area contributed by atoms with E-state index < -0.39 is 0 Å². The first kappa shape index (κ1) is 15.5. The topological polar surface area (TPSA) is 46.9 Å². The number of fused-ring (bicyclic) bond motifs is 1. The highest BCUT2D eigenvalue weighted by molar-refractivity contribution is 5.77. The standard InChI is InChI=1S/C17H25N3O/c1-4-7-17(21)18-12-16-19-14-8-5-6-9-15(14)20(16)11-10-13(2)3/h5-6,8-9,13H,4,7,10-12H2,1-3H3,(H,18,21). The van der Waals surface area contributed by atoms with Gasteiger partial charge in [0.15, 0.2) is 0 Å². The number of aromatic nitrogens is 2. The molecule has 0 unspecified atom stereocenters. The Bertz CT molecular complexity index is 601. The largest absolute Gasteiger partial charge is 0.349 e. The number of rotatable bonds is 7. The van der Waals surface area contributed by atoms with Crippen LogP contribution in [0, 0.1) is 5.92 Å². The van der Waals surface area contributed by atoms with Crippen molar-refractivity contribution >= 4 is 16.9 Å². The molecule has 1 amide bonds. The van der Waals surface area contributed by atoms with Gasteiger partial charge in [0, 0.05) is 13.0 Å². The number of amides is 1. The molecule has 0 aliphatic carbocycles. The van der Waals surface area contributed by atoms with Crippen molar-refractivity contribution in [3.05, 3.63) is 30.1 Å². The van der Waals surface area contributed by atoms with Crippen LogP contribution >= 0.6 is 0 Å². The van der Waals surface area contributed by atoms with E-state index in [0.717, 1.165) is 36.2 Å². The van der Waals surface area contributed by atoms with Gasteiger partial charge in [0.05, 0.1) is 17.6 Å². The number of nitrogens with one attached hydrogen (secondary N) is 1. The monoisotopic (exact) mass is 287 g/mol. The summed E-state index contributed by atoms with van der Waals surface area (Å²) in [5.74, 6) is 1.69. The van der Waals surface area contributed by atoms with Gasteiger partial charge in [0.1, 0.15) is 5.82 Å². The molecule has 2 rings (SSSR count). The van der Waals surface area contributed by atoms with Gasteiger partial charge in [-0.25, -0.2) is 4.98 Å². The minimum Gasteiger partial charge on any atom is -0.349 e. The quantitative estimate of drug-likeness (QED) is 0.847. The number of imidazole rings is 1. The molecule has 0 aliphatic heterocycles. The second-order valence-electron chi connectivity index (χ2n) is 5.88. The van der Waals surface area contributed by atoms with Gasteiger partial charge in [0.2, 0.25) is 5.91 Å². The van der Waals surface area contributed by atoms with E-state index in [2.05, 4.69) is 34.8 Å². The first-order valence-corrected chi connectivity index (χ1v) is 7.82. The van der Waals surface area contributed by atoms with E-state index in [4.69, 9.17) is 0 Å². The van der Waals surface area contributed by atoms with Gasteiger partial charge in [-0.3, -0.25) is 4.79 Å². The van der Waals surface area contributed by atoms with Crippen molar-refractivity contribution in [2.75, 3.05) is 0 Å². The van der Waals surface area contributed by atoms with Crippen molar-refractivity contribution in [3.63, 3.8) is 0 Å². The minimum absolute atomic E-state index is 0.0972. The number of para-hydroxylation sites is 2. The van der Waals surface area contributed by atoms with Crippen LogP contribution in [0.15, 0.2) is 24.3 Å². The Kier molecular flexibility index (Phi) is 5.37. The van der Waals surface area contributed by atoms with Crippen LogP contribution in [0.25, 0.3) is 11.0 Å². The highest BCUT2D eigenvalue weighted by atomic mass is 16.1. The molecule has 0 atom stereocenters. The lowest BCUT2D eigenvalue weighted by Gasteiger charge is -2.11. The first-order valence-electron chi connectivity index (χ1n) is 7.82. The van der Waals surface area contributed by atoms with Gasteiger partial charge in [-0.05, 0) is 30.9 Å². The van der Waals surface area contributed by atoms with Crippen molar-refractivity contribution in [1.29, 1.82) is 0 Å². The summed E-state index contributed by atoms with van der Waals surface area (Å²) in [6, 6.07) is 8.16. The molecule has 0 saturated heterocycles. The molecule has 0 bridgehead atoms. The van der Waals surface area contributed by atoms with Crippen molar-refractivity contribution in [1.82, 2.24) is 14.9 Å². The van der Waals surface area contributed by atoms with E-state index in [1.807, 2.05) is 25.1 Å². The average molecular weight is 287 g/mol. The Morgan fingerprint density at radius 3 is 2.81 bits per heavy atom. The Morgan fingerprint density at radius 2 is 2.10 bits per heavy atom. The molecule has 0 radical (unpaired) electrons. The van der Waals surface area contributed by atoms with E-state index in [9.17, 15) is 4.79 Å². The van der Waals surface area contributed by atoms with Crippen LogP contribution in [-0.4, -0.2) is 15.5 Å². The molecule has 0 fully saturated rings. The molecule has 0 spiro atoms. The molecule has 4 nitrogen and oxygen atoms in total. The fraction of sp³-hybridized carbons (Fsp3) is 0.529. The second kappa shape index (κ2) is 7.25. The maximum absolute atomic E-state index is 11.7. The van der Waals surface area contributed by atoms with E-state index in [0.29, 0.717) is 18.9 Å². The van der Waals surface area contributed by atoms with E-state index in [1.54, 1.807) is 0 Å². The molecule has 0 aliphatic rings. The SMILES string of the molecule is CCCC(=O)NCc1nc2ccccc2n1CCC(C)C. The maximum Gasteiger partial charge on any atom is 0.220 e. The Labute approximate surface area is 126 Å². The predicted octanol–water partition coefficient (Wildman–Crippen LogP) is 3.50. The molecule has 1 N–H and O–H groups in total. The zero-order valence-electron chi connectivity index (χ0n) is 13.2. The lowest BCUT2D eigenvalue weighted by Crippen LogP contribution is -2.24. The van der Waals surface area contributed by atoms with Gasteiger partial charge < -0.3 is 9.88 Å².